The van der Waals surface area contributed by atoms with Gasteiger partial charge in [0.25, 0.3) is 0 Å². The molecule has 20 heavy (non-hydrogen) atoms. The number of hydrogen-bond donors (Lipinski definition) is 1. The molecule has 5 heteroatoms. The SMILES string of the molecule is CC(C)CC(C(=O)O)N1CCN(C2CCOCC2)CC1. The lowest BCUT2D eigenvalue weighted by Crippen LogP contribution is -2.55. The number of piperazine rings is 1. The van der Waals surface area contributed by atoms with Gasteiger partial charge >= 0.3 is 5.97 Å². The molecule has 1 N–H and O–H groups in total. The maximum absolute atomic E-state index is 11.4. The molecule has 0 bridgehead atoms. The Hall–Kier alpha value is -0.650. The lowest BCUT2D eigenvalue weighted by atomic mass is 10.0. The third kappa shape index (κ3) is 4.17. The molecule has 2 heterocycles. The van der Waals surface area contributed by atoms with Gasteiger partial charge in [-0.3, -0.25) is 14.6 Å². The van der Waals surface area contributed by atoms with Gasteiger partial charge in [-0.25, -0.2) is 0 Å². The quantitative estimate of drug-likeness (QED) is 0.824. The van der Waals surface area contributed by atoms with E-state index in [1.807, 2.05) is 0 Å². The molecule has 0 saturated carbocycles. The maximum atomic E-state index is 11.4. The van der Waals surface area contributed by atoms with Gasteiger partial charge < -0.3 is 9.84 Å². The van der Waals surface area contributed by atoms with Gasteiger partial charge in [-0.2, -0.15) is 0 Å². The molecule has 0 aliphatic carbocycles. The van der Waals surface area contributed by atoms with E-state index in [4.69, 9.17) is 4.74 Å². The van der Waals surface area contributed by atoms with Crippen molar-refractivity contribution in [1.29, 1.82) is 0 Å². The van der Waals surface area contributed by atoms with E-state index < -0.39 is 5.97 Å². The summed E-state index contributed by atoms with van der Waals surface area (Å²) in [5.74, 6) is -0.247. The largest absolute Gasteiger partial charge is 0.480 e. The van der Waals surface area contributed by atoms with E-state index in [2.05, 4.69) is 23.6 Å². The predicted molar refractivity (Wildman–Crippen MR) is 77.9 cm³/mol. The fourth-order valence-electron chi connectivity index (χ4n) is 3.32. The first-order valence-electron chi connectivity index (χ1n) is 7.86. The van der Waals surface area contributed by atoms with Crippen molar-refractivity contribution in [1.82, 2.24) is 9.80 Å². The number of rotatable bonds is 5. The summed E-state index contributed by atoms with van der Waals surface area (Å²) < 4.78 is 5.41. The van der Waals surface area contributed by atoms with Crippen molar-refractivity contribution in [3.8, 4) is 0 Å². The zero-order valence-corrected chi connectivity index (χ0v) is 12.8. The van der Waals surface area contributed by atoms with E-state index in [9.17, 15) is 9.90 Å². The standard InChI is InChI=1S/C15H28N2O3/c1-12(2)11-14(15(18)19)17-7-5-16(6-8-17)13-3-9-20-10-4-13/h12-14H,3-11H2,1-2H3,(H,18,19). The minimum atomic E-state index is -0.668. The first-order chi connectivity index (χ1) is 9.58. The molecule has 5 nitrogen and oxygen atoms in total. The van der Waals surface area contributed by atoms with Crippen molar-refractivity contribution in [3.63, 3.8) is 0 Å². The Kier molecular flexibility index (Phi) is 5.81. The molecule has 2 rings (SSSR count). The van der Waals surface area contributed by atoms with Crippen LogP contribution < -0.4 is 0 Å². The molecule has 0 spiro atoms. The highest BCUT2D eigenvalue weighted by Gasteiger charge is 2.31. The van der Waals surface area contributed by atoms with Crippen molar-refractivity contribution in [2.75, 3.05) is 39.4 Å². The van der Waals surface area contributed by atoms with Crippen molar-refractivity contribution in [2.45, 2.75) is 45.2 Å². The van der Waals surface area contributed by atoms with Gasteiger partial charge in [0.2, 0.25) is 0 Å². The molecule has 0 radical (unpaired) electrons. The van der Waals surface area contributed by atoms with Crippen LogP contribution in [0.4, 0.5) is 0 Å². The Morgan fingerprint density at radius 1 is 1.20 bits per heavy atom. The van der Waals surface area contributed by atoms with Crippen LogP contribution in [0.1, 0.15) is 33.1 Å². The highest BCUT2D eigenvalue weighted by molar-refractivity contribution is 5.73. The van der Waals surface area contributed by atoms with Gasteiger partial charge in [0.05, 0.1) is 0 Å². The van der Waals surface area contributed by atoms with Crippen LogP contribution in [0.3, 0.4) is 0 Å². The lowest BCUT2D eigenvalue weighted by Gasteiger charge is -2.42. The molecular weight excluding hydrogens is 256 g/mol. The lowest BCUT2D eigenvalue weighted by molar-refractivity contribution is -0.145. The van der Waals surface area contributed by atoms with Crippen molar-refractivity contribution >= 4 is 5.97 Å². The Labute approximate surface area is 121 Å². The topological polar surface area (TPSA) is 53.0 Å². The molecule has 0 aromatic heterocycles. The molecule has 2 aliphatic heterocycles. The smallest absolute Gasteiger partial charge is 0.320 e. The molecule has 1 atom stereocenters. The number of aliphatic carboxylic acids is 1. The average molecular weight is 284 g/mol. The second-order valence-electron chi connectivity index (χ2n) is 6.40. The van der Waals surface area contributed by atoms with Crippen LogP contribution in [-0.4, -0.2) is 72.4 Å². The van der Waals surface area contributed by atoms with Crippen LogP contribution in [0.25, 0.3) is 0 Å². The Morgan fingerprint density at radius 3 is 2.30 bits per heavy atom. The summed E-state index contributed by atoms with van der Waals surface area (Å²) in [5, 5.41) is 9.42. The van der Waals surface area contributed by atoms with Crippen molar-refractivity contribution < 1.29 is 14.6 Å². The Bertz CT molecular complexity index is 308. The predicted octanol–water partition coefficient (Wildman–Crippen LogP) is 1.28. The minimum Gasteiger partial charge on any atom is -0.480 e. The summed E-state index contributed by atoms with van der Waals surface area (Å²) in [5.41, 5.74) is 0. The molecule has 0 aromatic rings. The van der Waals surface area contributed by atoms with Gasteiger partial charge in [0.1, 0.15) is 6.04 Å². The molecule has 0 aromatic carbocycles. The monoisotopic (exact) mass is 284 g/mol. The highest BCUT2D eigenvalue weighted by Crippen LogP contribution is 2.19. The summed E-state index contributed by atoms with van der Waals surface area (Å²) in [6, 6.07) is 0.325. The normalized spacial score (nSPS) is 24.9. The van der Waals surface area contributed by atoms with E-state index in [0.29, 0.717) is 12.0 Å². The molecule has 2 saturated heterocycles. The van der Waals surface area contributed by atoms with Gasteiger partial charge in [0.15, 0.2) is 0 Å². The Morgan fingerprint density at radius 2 is 1.80 bits per heavy atom. The number of carboxylic acids is 1. The third-order valence-electron chi connectivity index (χ3n) is 4.48. The van der Waals surface area contributed by atoms with E-state index in [-0.39, 0.29) is 6.04 Å². The zero-order valence-electron chi connectivity index (χ0n) is 12.8. The third-order valence-corrected chi connectivity index (χ3v) is 4.48. The van der Waals surface area contributed by atoms with Crippen LogP contribution in [0, 0.1) is 5.92 Å². The molecule has 116 valence electrons. The van der Waals surface area contributed by atoms with Gasteiger partial charge in [-0.15, -0.1) is 0 Å². The first kappa shape index (κ1) is 15.7. The van der Waals surface area contributed by atoms with Crippen LogP contribution in [0.5, 0.6) is 0 Å². The maximum Gasteiger partial charge on any atom is 0.320 e. The van der Waals surface area contributed by atoms with Crippen molar-refractivity contribution in [2.24, 2.45) is 5.92 Å². The number of ether oxygens (including phenoxy) is 1. The van der Waals surface area contributed by atoms with Gasteiger partial charge in [-0.05, 0) is 25.2 Å². The number of carboxylic acid groups (broad SMARTS) is 1. The average Bonchev–Trinajstić information content (AvgIpc) is 2.45. The van der Waals surface area contributed by atoms with Crippen LogP contribution in [-0.2, 0) is 9.53 Å². The summed E-state index contributed by atoms with van der Waals surface area (Å²) in [6.07, 6.45) is 2.98. The summed E-state index contributed by atoms with van der Waals surface area (Å²) in [7, 11) is 0. The second kappa shape index (κ2) is 7.38. The van der Waals surface area contributed by atoms with Crippen LogP contribution >= 0.6 is 0 Å². The number of nitrogens with zero attached hydrogens (tertiary/aromatic N) is 2. The second-order valence-corrected chi connectivity index (χ2v) is 6.40. The zero-order chi connectivity index (χ0) is 14.5. The number of hydrogen-bond acceptors (Lipinski definition) is 4. The van der Waals surface area contributed by atoms with Gasteiger partial charge in [0, 0.05) is 45.4 Å². The number of carbonyl (C=O) groups is 1. The molecule has 2 fully saturated rings. The van der Waals surface area contributed by atoms with E-state index >= 15 is 0 Å². The van der Waals surface area contributed by atoms with E-state index in [0.717, 1.165) is 58.7 Å². The van der Waals surface area contributed by atoms with Crippen LogP contribution in [0.2, 0.25) is 0 Å². The summed E-state index contributed by atoms with van der Waals surface area (Å²) in [4.78, 5) is 16.1. The highest BCUT2D eigenvalue weighted by atomic mass is 16.5. The molecule has 2 aliphatic rings. The Balaban J connectivity index is 1.84. The molecule has 1 unspecified atom stereocenters. The van der Waals surface area contributed by atoms with E-state index in [1.54, 1.807) is 0 Å². The molecule has 0 amide bonds. The molecular formula is C15H28N2O3. The van der Waals surface area contributed by atoms with Crippen molar-refractivity contribution in [3.05, 3.63) is 0 Å². The van der Waals surface area contributed by atoms with Gasteiger partial charge in [-0.1, -0.05) is 13.8 Å². The fourth-order valence-corrected chi connectivity index (χ4v) is 3.32. The first-order valence-corrected chi connectivity index (χ1v) is 7.86. The fraction of sp³-hybridized carbons (Fsp3) is 0.933. The minimum absolute atomic E-state index is 0.313. The summed E-state index contributed by atoms with van der Waals surface area (Å²) >= 11 is 0. The summed E-state index contributed by atoms with van der Waals surface area (Å²) in [6.45, 7) is 9.66. The van der Waals surface area contributed by atoms with E-state index in [1.165, 1.54) is 0 Å². The van der Waals surface area contributed by atoms with Crippen LogP contribution in [0.15, 0.2) is 0 Å².